The van der Waals surface area contributed by atoms with Crippen LogP contribution in [0, 0.1) is 0 Å². The minimum absolute atomic E-state index is 0.0105. The van der Waals surface area contributed by atoms with Gasteiger partial charge in [0.05, 0.1) is 11.4 Å². The summed E-state index contributed by atoms with van der Waals surface area (Å²) in [5.74, 6) is -0.380. The highest BCUT2D eigenvalue weighted by Gasteiger charge is 2.24. The first-order chi connectivity index (χ1) is 14.5. The SMILES string of the molecule is CCc1ccc([C@@H](CNC(=O)c2cc(=O)c3cc(Cl)ccc3o2)N2CCCC2)cc1. The van der Waals surface area contributed by atoms with Gasteiger partial charge in [-0.15, -0.1) is 0 Å². The normalized spacial score (nSPS) is 15.4. The number of carbonyl (C=O) groups is 1. The van der Waals surface area contributed by atoms with Crippen molar-refractivity contribution in [2.45, 2.75) is 32.2 Å². The Kier molecular flexibility index (Phi) is 6.21. The lowest BCUT2D eigenvalue weighted by atomic mass is 10.0. The van der Waals surface area contributed by atoms with E-state index >= 15 is 0 Å². The molecule has 4 rings (SSSR count). The van der Waals surface area contributed by atoms with Crippen molar-refractivity contribution in [2.24, 2.45) is 0 Å². The number of aryl methyl sites for hydroxylation is 1. The summed E-state index contributed by atoms with van der Waals surface area (Å²) in [5.41, 5.74) is 2.54. The molecule has 5 nitrogen and oxygen atoms in total. The van der Waals surface area contributed by atoms with E-state index in [1.54, 1.807) is 18.2 Å². The predicted octanol–water partition coefficient (Wildman–Crippen LogP) is 4.58. The molecule has 1 aromatic heterocycles. The average molecular weight is 425 g/mol. The Morgan fingerprint density at radius 3 is 2.57 bits per heavy atom. The molecule has 1 atom stereocenters. The second kappa shape index (κ2) is 9.02. The maximum absolute atomic E-state index is 12.8. The Morgan fingerprint density at radius 1 is 1.13 bits per heavy atom. The fraction of sp³-hybridized carbons (Fsp3) is 0.333. The molecular weight excluding hydrogens is 400 g/mol. The van der Waals surface area contributed by atoms with Gasteiger partial charge in [0.15, 0.2) is 11.2 Å². The maximum Gasteiger partial charge on any atom is 0.287 e. The van der Waals surface area contributed by atoms with Crippen molar-refractivity contribution in [3.8, 4) is 0 Å². The molecule has 1 saturated heterocycles. The molecule has 2 aromatic carbocycles. The minimum atomic E-state index is -0.390. The molecule has 3 aromatic rings. The quantitative estimate of drug-likeness (QED) is 0.629. The number of amides is 1. The third-order valence-corrected chi connectivity index (χ3v) is 5.96. The molecule has 6 heteroatoms. The fourth-order valence-electron chi connectivity index (χ4n) is 4.00. The van der Waals surface area contributed by atoms with Gasteiger partial charge in [0.25, 0.3) is 5.91 Å². The van der Waals surface area contributed by atoms with Crippen LogP contribution in [-0.4, -0.2) is 30.4 Å². The van der Waals surface area contributed by atoms with E-state index in [9.17, 15) is 9.59 Å². The van der Waals surface area contributed by atoms with Crippen molar-refractivity contribution < 1.29 is 9.21 Å². The first kappa shape index (κ1) is 20.6. The van der Waals surface area contributed by atoms with Crippen LogP contribution < -0.4 is 10.7 Å². The summed E-state index contributed by atoms with van der Waals surface area (Å²) >= 11 is 5.95. The van der Waals surface area contributed by atoms with Crippen LogP contribution in [0.4, 0.5) is 0 Å². The van der Waals surface area contributed by atoms with E-state index in [2.05, 4.69) is 41.4 Å². The summed E-state index contributed by atoms with van der Waals surface area (Å²) in [4.78, 5) is 27.6. The summed E-state index contributed by atoms with van der Waals surface area (Å²) in [7, 11) is 0. The Balaban J connectivity index is 1.54. The number of hydrogen-bond donors (Lipinski definition) is 1. The summed E-state index contributed by atoms with van der Waals surface area (Å²) in [6.45, 7) is 4.62. The van der Waals surface area contributed by atoms with Gasteiger partial charge in [0, 0.05) is 17.6 Å². The van der Waals surface area contributed by atoms with Gasteiger partial charge in [-0.25, -0.2) is 0 Å². The molecule has 0 radical (unpaired) electrons. The number of rotatable bonds is 6. The van der Waals surface area contributed by atoms with Gasteiger partial charge in [-0.2, -0.15) is 0 Å². The molecule has 0 saturated carbocycles. The first-order valence-corrected chi connectivity index (χ1v) is 10.8. The number of nitrogens with zero attached hydrogens (tertiary/aromatic N) is 1. The van der Waals surface area contributed by atoms with E-state index in [0.717, 1.165) is 19.5 Å². The van der Waals surface area contributed by atoms with Gasteiger partial charge >= 0.3 is 0 Å². The summed E-state index contributed by atoms with van der Waals surface area (Å²) in [5, 5.41) is 3.79. The highest BCUT2D eigenvalue weighted by atomic mass is 35.5. The van der Waals surface area contributed by atoms with E-state index in [1.807, 2.05) is 0 Å². The van der Waals surface area contributed by atoms with Crippen LogP contribution in [0.5, 0.6) is 0 Å². The van der Waals surface area contributed by atoms with Crippen LogP contribution in [0.15, 0.2) is 57.7 Å². The lowest BCUT2D eigenvalue weighted by Crippen LogP contribution is -2.37. The molecule has 2 heterocycles. The molecule has 1 N–H and O–H groups in total. The number of benzene rings is 2. The van der Waals surface area contributed by atoms with E-state index in [4.69, 9.17) is 16.0 Å². The molecule has 0 spiro atoms. The monoisotopic (exact) mass is 424 g/mol. The summed E-state index contributed by atoms with van der Waals surface area (Å²) in [6, 6.07) is 14.7. The average Bonchev–Trinajstić information content (AvgIpc) is 3.29. The zero-order valence-corrected chi connectivity index (χ0v) is 17.7. The van der Waals surface area contributed by atoms with Crippen molar-refractivity contribution in [3.63, 3.8) is 0 Å². The molecule has 0 unspecified atom stereocenters. The van der Waals surface area contributed by atoms with Crippen LogP contribution in [0.1, 0.15) is 47.5 Å². The van der Waals surface area contributed by atoms with Crippen molar-refractivity contribution >= 4 is 28.5 Å². The third kappa shape index (κ3) is 4.42. The molecular formula is C24H25ClN2O3. The van der Waals surface area contributed by atoms with Crippen LogP contribution in [0.3, 0.4) is 0 Å². The molecule has 30 heavy (non-hydrogen) atoms. The van der Waals surface area contributed by atoms with E-state index in [1.165, 1.54) is 30.0 Å². The Bertz CT molecular complexity index is 1100. The van der Waals surface area contributed by atoms with Crippen LogP contribution in [0.2, 0.25) is 5.02 Å². The molecule has 0 bridgehead atoms. The third-order valence-electron chi connectivity index (χ3n) is 5.72. The van der Waals surface area contributed by atoms with Gasteiger partial charge in [0.2, 0.25) is 0 Å². The van der Waals surface area contributed by atoms with E-state index < -0.39 is 5.91 Å². The maximum atomic E-state index is 12.8. The Labute approximate surface area is 180 Å². The van der Waals surface area contributed by atoms with Gasteiger partial charge in [-0.1, -0.05) is 42.8 Å². The predicted molar refractivity (Wildman–Crippen MR) is 119 cm³/mol. The van der Waals surface area contributed by atoms with Crippen LogP contribution >= 0.6 is 11.6 Å². The summed E-state index contributed by atoms with van der Waals surface area (Å²) < 4.78 is 5.67. The second-order valence-electron chi connectivity index (χ2n) is 7.68. The number of nitrogens with one attached hydrogen (secondary N) is 1. The first-order valence-electron chi connectivity index (χ1n) is 10.4. The zero-order chi connectivity index (χ0) is 21.1. The van der Waals surface area contributed by atoms with Gasteiger partial charge in [-0.3, -0.25) is 14.5 Å². The number of halogens is 1. The molecule has 0 aliphatic carbocycles. The zero-order valence-electron chi connectivity index (χ0n) is 17.0. The van der Waals surface area contributed by atoms with Crippen molar-refractivity contribution in [2.75, 3.05) is 19.6 Å². The van der Waals surface area contributed by atoms with E-state index in [-0.39, 0.29) is 17.2 Å². The molecule has 1 aliphatic heterocycles. The van der Waals surface area contributed by atoms with Crippen molar-refractivity contribution in [1.82, 2.24) is 10.2 Å². The van der Waals surface area contributed by atoms with Crippen LogP contribution in [-0.2, 0) is 6.42 Å². The highest BCUT2D eigenvalue weighted by Crippen LogP contribution is 2.25. The number of hydrogen-bond acceptors (Lipinski definition) is 4. The lowest BCUT2D eigenvalue weighted by Gasteiger charge is -2.28. The van der Waals surface area contributed by atoms with Crippen molar-refractivity contribution in [1.29, 1.82) is 0 Å². The highest BCUT2D eigenvalue weighted by molar-refractivity contribution is 6.31. The molecule has 156 valence electrons. The molecule has 1 amide bonds. The number of likely N-dealkylation sites (tertiary alicyclic amines) is 1. The van der Waals surface area contributed by atoms with Crippen molar-refractivity contribution in [3.05, 3.63) is 80.7 Å². The van der Waals surface area contributed by atoms with E-state index in [0.29, 0.717) is 22.5 Å². The smallest absolute Gasteiger partial charge is 0.287 e. The standard InChI is InChI=1S/C24H25ClN2O3/c1-2-16-5-7-17(8-6-16)20(27-11-3-4-12-27)15-26-24(29)23-14-21(28)19-13-18(25)9-10-22(19)30-23/h5-10,13-14,20H,2-4,11-12,15H2,1H3,(H,26,29)/t20-/m1/s1. The number of fused-ring (bicyclic) bond motifs is 1. The molecule has 1 fully saturated rings. The largest absolute Gasteiger partial charge is 0.451 e. The fourth-order valence-corrected chi connectivity index (χ4v) is 4.18. The second-order valence-corrected chi connectivity index (χ2v) is 8.12. The van der Waals surface area contributed by atoms with Crippen LogP contribution in [0.25, 0.3) is 11.0 Å². The van der Waals surface area contributed by atoms with Gasteiger partial charge in [0.1, 0.15) is 5.58 Å². The Hall–Kier alpha value is -2.63. The minimum Gasteiger partial charge on any atom is -0.451 e. The summed E-state index contributed by atoms with van der Waals surface area (Å²) in [6.07, 6.45) is 3.33. The number of carbonyl (C=O) groups excluding carboxylic acids is 1. The van der Waals surface area contributed by atoms with Gasteiger partial charge < -0.3 is 9.73 Å². The van der Waals surface area contributed by atoms with Gasteiger partial charge in [-0.05, 0) is 61.7 Å². The lowest BCUT2D eigenvalue weighted by molar-refractivity contribution is 0.0910. The molecule has 1 aliphatic rings. The Morgan fingerprint density at radius 2 is 1.87 bits per heavy atom. The topological polar surface area (TPSA) is 62.6 Å².